The molecule has 2 rings (SSSR count). The number of hydrogen-bond acceptors (Lipinski definition) is 2. The van der Waals surface area contributed by atoms with Gasteiger partial charge in [-0.05, 0) is 43.3 Å². The summed E-state index contributed by atoms with van der Waals surface area (Å²) >= 11 is 9.53. The molecular formula is C18H20BrClFNO. The van der Waals surface area contributed by atoms with Gasteiger partial charge in [-0.1, -0.05) is 46.9 Å². The fourth-order valence-corrected chi connectivity index (χ4v) is 2.78. The predicted octanol–water partition coefficient (Wildman–Crippen LogP) is 5.71. The number of rotatable bonds is 8. The van der Waals surface area contributed by atoms with Crippen molar-refractivity contribution in [2.75, 3.05) is 6.54 Å². The molecule has 1 N–H and O–H groups in total. The van der Waals surface area contributed by atoms with Gasteiger partial charge in [0.2, 0.25) is 0 Å². The van der Waals surface area contributed by atoms with E-state index in [4.69, 9.17) is 16.3 Å². The fraction of sp³-hybridized carbons (Fsp3) is 0.333. The number of ether oxygens (including phenoxy) is 1. The van der Waals surface area contributed by atoms with Crippen LogP contribution in [0.4, 0.5) is 4.39 Å². The Balaban J connectivity index is 2.03. The minimum atomic E-state index is -0.344. The minimum Gasteiger partial charge on any atom is -0.489 e. The Hall–Kier alpha value is -1.10. The van der Waals surface area contributed by atoms with E-state index >= 15 is 0 Å². The Labute approximate surface area is 150 Å². The summed E-state index contributed by atoms with van der Waals surface area (Å²) < 4.78 is 20.0. The third-order valence-corrected chi connectivity index (χ3v) is 4.29. The summed E-state index contributed by atoms with van der Waals surface area (Å²) in [6, 6.07) is 10.3. The van der Waals surface area contributed by atoms with E-state index < -0.39 is 0 Å². The van der Waals surface area contributed by atoms with Crippen molar-refractivity contribution in [3.63, 3.8) is 0 Å². The first-order valence-electron chi connectivity index (χ1n) is 7.66. The molecule has 0 aliphatic rings. The zero-order valence-electron chi connectivity index (χ0n) is 13.0. The maximum absolute atomic E-state index is 13.1. The van der Waals surface area contributed by atoms with E-state index in [-0.39, 0.29) is 5.82 Å². The smallest absolute Gasteiger partial charge is 0.124 e. The van der Waals surface area contributed by atoms with Crippen molar-refractivity contribution in [3.05, 3.63) is 62.8 Å². The van der Waals surface area contributed by atoms with Gasteiger partial charge in [-0.25, -0.2) is 4.39 Å². The molecule has 2 aromatic carbocycles. The van der Waals surface area contributed by atoms with Crippen LogP contribution < -0.4 is 10.1 Å². The zero-order valence-corrected chi connectivity index (χ0v) is 15.4. The summed E-state index contributed by atoms with van der Waals surface area (Å²) in [6.07, 6.45) is 2.31. The van der Waals surface area contributed by atoms with Gasteiger partial charge in [0.05, 0.1) is 5.02 Å². The van der Waals surface area contributed by atoms with E-state index in [1.165, 1.54) is 12.1 Å². The number of benzene rings is 2. The Bertz CT molecular complexity index is 651. The average Bonchev–Trinajstić information content (AvgIpc) is 2.52. The Morgan fingerprint density at radius 2 is 2.00 bits per heavy atom. The normalized spacial score (nSPS) is 10.8. The van der Waals surface area contributed by atoms with Gasteiger partial charge in [0.25, 0.3) is 0 Å². The Morgan fingerprint density at radius 3 is 2.74 bits per heavy atom. The number of hydrogen-bond donors (Lipinski definition) is 1. The summed E-state index contributed by atoms with van der Waals surface area (Å²) in [4.78, 5) is 0. The van der Waals surface area contributed by atoms with Crippen LogP contribution >= 0.6 is 27.5 Å². The van der Waals surface area contributed by atoms with Gasteiger partial charge in [-0.3, -0.25) is 0 Å². The number of nitrogens with one attached hydrogen (secondary N) is 1. The van der Waals surface area contributed by atoms with Gasteiger partial charge in [0.15, 0.2) is 0 Å². The highest BCUT2D eigenvalue weighted by Gasteiger charge is 2.07. The topological polar surface area (TPSA) is 21.3 Å². The largest absolute Gasteiger partial charge is 0.489 e. The Kier molecular flexibility index (Phi) is 7.34. The molecule has 0 fully saturated rings. The van der Waals surface area contributed by atoms with Crippen LogP contribution in [0.3, 0.4) is 0 Å². The van der Waals surface area contributed by atoms with Gasteiger partial charge in [0, 0.05) is 22.1 Å². The lowest BCUT2D eigenvalue weighted by atomic mass is 10.2. The Morgan fingerprint density at radius 1 is 1.17 bits per heavy atom. The van der Waals surface area contributed by atoms with Crippen molar-refractivity contribution < 1.29 is 9.13 Å². The van der Waals surface area contributed by atoms with E-state index in [2.05, 4.69) is 28.2 Å². The molecule has 0 aliphatic heterocycles. The van der Waals surface area contributed by atoms with Crippen LogP contribution in [0.25, 0.3) is 0 Å². The molecule has 2 aromatic rings. The molecule has 0 unspecified atom stereocenters. The van der Waals surface area contributed by atoms with Gasteiger partial charge in [0.1, 0.15) is 18.2 Å². The molecule has 2 nitrogen and oxygen atoms in total. The van der Waals surface area contributed by atoms with E-state index in [9.17, 15) is 4.39 Å². The van der Waals surface area contributed by atoms with Crippen LogP contribution in [0.1, 0.15) is 30.9 Å². The molecule has 0 saturated heterocycles. The zero-order chi connectivity index (χ0) is 16.7. The van der Waals surface area contributed by atoms with Crippen molar-refractivity contribution in [1.29, 1.82) is 0 Å². The van der Waals surface area contributed by atoms with Crippen LogP contribution in [0.5, 0.6) is 5.75 Å². The molecule has 0 spiro atoms. The van der Waals surface area contributed by atoms with Crippen molar-refractivity contribution in [3.8, 4) is 5.75 Å². The highest BCUT2D eigenvalue weighted by Crippen LogP contribution is 2.25. The van der Waals surface area contributed by atoms with Crippen LogP contribution in [0, 0.1) is 5.82 Å². The van der Waals surface area contributed by atoms with Crippen molar-refractivity contribution in [1.82, 2.24) is 5.32 Å². The first-order chi connectivity index (χ1) is 11.1. The lowest BCUT2D eigenvalue weighted by molar-refractivity contribution is 0.302. The third-order valence-electron chi connectivity index (χ3n) is 3.44. The summed E-state index contributed by atoms with van der Waals surface area (Å²) in [5, 5.41) is 3.79. The molecule has 0 radical (unpaired) electrons. The second-order valence-electron chi connectivity index (χ2n) is 5.31. The summed E-state index contributed by atoms with van der Waals surface area (Å²) in [6.45, 7) is 4.20. The standard InChI is InChI=1S/C18H20BrClFNO/c1-2-3-8-22-11-14-9-15(19)5-7-18(14)23-12-13-4-6-16(21)10-17(13)20/h4-7,9-10,22H,2-3,8,11-12H2,1H3. The average molecular weight is 401 g/mol. The molecule has 5 heteroatoms. The summed E-state index contributed by atoms with van der Waals surface area (Å²) in [7, 11) is 0. The van der Waals surface area contributed by atoms with Gasteiger partial charge in [-0.2, -0.15) is 0 Å². The lowest BCUT2D eigenvalue weighted by Gasteiger charge is -2.13. The van der Waals surface area contributed by atoms with Gasteiger partial charge < -0.3 is 10.1 Å². The first kappa shape index (κ1) is 18.2. The van der Waals surface area contributed by atoms with E-state index in [1.54, 1.807) is 6.07 Å². The van der Waals surface area contributed by atoms with E-state index in [0.29, 0.717) is 11.6 Å². The van der Waals surface area contributed by atoms with Crippen molar-refractivity contribution >= 4 is 27.5 Å². The molecule has 23 heavy (non-hydrogen) atoms. The van der Waals surface area contributed by atoms with Crippen LogP contribution in [0.15, 0.2) is 40.9 Å². The minimum absolute atomic E-state index is 0.308. The third kappa shape index (κ3) is 5.79. The predicted molar refractivity (Wildman–Crippen MR) is 96.5 cm³/mol. The monoisotopic (exact) mass is 399 g/mol. The highest BCUT2D eigenvalue weighted by molar-refractivity contribution is 9.10. The summed E-state index contributed by atoms with van der Waals surface area (Å²) in [5.41, 5.74) is 1.84. The molecule has 124 valence electrons. The maximum atomic E-state index is 13.1. The molecule has 0 aliphatic carbocycles. The lowest BCUT2D eigenvalue weighted by Crippen LogP contribution is -2.15. The van der Waals surface area contributed by atoms with Gasteiger partial charge in [-0.15, -0.1) is 0 Å². The van der Waals surface area contributed by atoms with Crippen LogP contribution in [0.2, 0.25) is 5.02 Å². The summed E-state index contributed by atoms with van der Waals surface area (Å²) in [5.74, 6) is 0.459. The van der Waals surface area contributed by atoms with E-state index in [0.717, 1.165) is 47.3 Å². The number of halogens is 3. The molecular weight excluding hydrogens is 381 g/mol. The van der Waals surface area contributed by atoms with Crippen molar-refractivity contribution in [2.24, 2.45) is 0 Å². The quantitative estimate of drug-likeness (QED) is 0.573. The molecule has 0 saturated carbocycles. The van der Waals surface area contributed by atoms with Crippen LogP contribution in [-0.4, -0.2) is 6.54 Å². The second-order valence-corrected chi connectivity index (χ2v) is 6.63. The molecule has 0 aromatic heterocycles. The van der Waals surface area contributed by atoms with Crippen LogP contribution in [-0.2, 0) is 13.2 Å². The van der Waals surface area contributed by atoms with Gasteiger partial charge >= 0.3 is 0 Å². The SMILES string of the molecule is CCCCNCc1cc(Br)ccc1OCc1ccc(F)cc1Cl. The second kappa shape index (κ2) is 9.26. The van der Waals surface area contributed by atoms with E-state index in [1.807, 2.05) is 18.2 Å². The molecule has 0 bridgehead atoms. The highest BCUT2D eigenvalue weighted by atomic mass is 79.9. The fourth-order valence-electron chi connectivity index (χ4n) is 2.15. The molecule has 0 heterocycles. The maximum Gasteiger partial charge on any atom is 0.124 e. The first-order valence-corrected chi connectivity index (χ1v) is 8.83. The number of unbranched alkanes of at least 4 members (excludes halogenated alkanes) is 1. The van der Waals surface area contributed by atoms with Crippen molar-refractivity contribution in [2.45, 2.75) is 32.9 Å². The molecule has 0 amide bonds. The molecule has 0 atom stereocenters.